The number of para-hydroxylation sites is 2. The summed E-state index contributed by atoms with van der Waals surface area (Å²) in [4.78, 5) is 25.9. The zero-order valence-corrected chi connectivity index (χ0v) is 21.7. The molecule has 0 fully saturated rings. The van der Waals surface area contributed by atoms with Gasteiger partial charge in [0.25, 0.3) is 0 Å². The van der Waals surface area contributed by atoms with Gasteiger partial charge in [0.15, 0.2) is 17.2 Å². The van der Waals surface area contributed by atoms with Crippen molar-refractivity contribution in [1.29, 1.82) is 0 Å². The molecule has 0 bridgehead atoms. The number of benzene rings is 3. The van der Waals surface area contributed by atoms with E-state index >= 15 is 0 Å². The normalized spacial score (nSPS) is 10.6. The van der Waals surface area contributed by atoms with Gasteiger partial charge in [0.2, 0.25) is 0 Å². The van der Waals surface area contributed by atoms with E-state index in [1.165, 1.54) is 26.0 Å². The number of ether oxygens (including phenoxy) is 4. The van der Waals surface area contributed by atoms with Crippen LogP contribution in [0.25, 0.3) is 16.9 Å². The summed E-state index contributed by atoms with van der Waals surface area (Å²) in [5.41, 5.74) is 1.43. The van der Waals surface area contributed by atoms with Crippen LogP contribution in [0, 0.1) is 0 Å². The third-order valence-electron chi connectivity index (χ3n) is 5.53. The molecule has 4 rings (SSSR count). The zero-order valence-electron chi connectivity index (χ0n) is 20.2. The Kier molecular flexibility index (Phi) is 8.01. The van der Waals surface area contributed by atoms with Gasteiger partial charge in [-0.2, -0.15) is 5.10 Å². The van der Waals surface area contributed by atoms with Gasteiger partial charge in [-0.25, -0.2) is 14.3 Å². The summed E-state index contributed by atoms with van der Waals surface area (Å²) in [6, 6.07) is 19.1. The largest absolute Gasteiger partial charge is 0.493 e. The number of halogens is 2. The first-order valence-corrected chi connectivity index (χ1v) is 11.7. The van der Waals surface area contributed by atoms with Crippen LogP contribution in [0.5, 0.6) is 11.5 Å². The maximum Gasteiger partial charge on any atom is 0.357 e. The van der Waals surface area contributed by atoms with Crippen molar-refractivity contribution in [2.75, 3.05) is 21.3 Å². The number of hydrogen-bond donors (Lipinski definition) is 0. The van der Waals surface area contributed by atoms with Gasteiger partial charge in [-0.3, -0.25) is 0 Å². The third-order valence-corrected chi connectivity index (χ3v) is 6.24. The minimum Gasteiger partial charge on any atom is -0.493 e. The van der Waals surface area contributed by atoms with E-state index in [2.05, 4.69) is 5.10 Å². The Labute approximate surface area is 223 Å². The molecule has 0 aliphatic carbocycles. The summed E-state index contributed by atoms with van der Waals surface area (Å²) in [5.74, 6) is -0.914. The highest BCUT2D eigenvalue weighted by Gasteiger charge is 2.33. The zero-order chi connectivity index (χ0) is 26.5. The fourth-order valence-electron chi connectivity index (χ4n) is 3.77. The molecule has 37 heavy (non-hydrogen) atoms. The lowest BCUT2D eigenvalue weighted by Gasteiger charge is -2.16. The molecule has 4 aromatic rings. The van der Waals surface area contributed by atoms with Crippen LogP contribution in [0.3, 0.4) is 0 Å². The van der Waals surface area contributed by atoms with Crippen molar-refractivity contribution in [3.63, 3.8) is 0 Å². The summed E-state index contributed by atoms with van der Waals surface area (Å²) in [6.07, 6.45) is 0. The SMILES string of the molecule is COC(=O)c1c(-c2cccc(OC)c2OCc2c(Cl)cccc2Cl)nn(-c2ccccc2)c1C(=O)OC. The van der Waals surface area contributed by atoms with Crippen molar-refractivity contribution in [2.24, 2.45) is 0 Å². The van der Waals surface area contributed by atoms with E-state index in [-0.39, 0.29) is 29.3 Å². The van der Waals surface area contributed by atoms with E-state index in [1.807, 2.05) is 6.07 Å². The van der Waals surface area contributed by atoms with Gasteiger partial charge in [0.05, 0.1) is 27.0 Å². The molecule has 0 radical (unpaired) electrons. The molecule has 0 unspecified atom stereocenters. The van der Waals surface area contributed by atoms with Gasteiger partial charge in [0, 0.05) is 21.2 Å². The number of aromatic nitrogens is 2. The van der Waals surface area contributed by atoms with E-state index in [4.69, 9.17) is 42.1 Å². The van der Waals surface area contributed by atoms with Crippen molar-refractivity contribution in [1.82, 2.24) is 9.78 Å². The van der Waals surface area contributed by atoms with Gasteiger partial charge in [-0.15, -0.1) is 0 Å². The molecule has 0 atom stereocenters. The van der Waals surface area contributed by atoms with Crippen LogP contribution in [0.2, 0.25) is 10.0 Å². The first kappa shape index (κ1) is 26.1. The molecule has 0 spiro atoms. The molecule has 0 amide bonds. The van der Waals surface area contributed by atoms with E-state index in [1.54, 1.807) is 60.7 Å². The lowest BCUT2D eigenvalue weighted by Crippen LogP contribution is -2.15. The fraction of sp³-hybridized carbons (Fsp3) is 0.148. The molecule has 3 aromatic carbocycles. The molecule has 0 aliphatic rings. The molecule has 0 saturated heterocycles. The maximum atomic E-state index is 13.0. The van der Waals surface area contributed by atoms with E-state index < -0.39 is 11.9 Å². The molecule has 1 heterocycles. The Bertz CT molecular complexity index is 1430. The predicted octanol–water partition coefficient (Wildman–Crippen LogP) is 6.01. The van der Waals surface area contributed by atoms with E-state index in [0.29, 0.717) is 32.6 Å². The number of rotatable bonds is 8. The van der Waals surface area contributed by atoms with Gasteiger partial charge in [0.1, 0.15) is 17.9 Å². The van der Waals surface area contributed by atoms with Crippen LogP contribution in [-0.4, -0.2) is 43.0 Å². The number of hydrogen-bond acceptors (Lipinski definition) is 7. The standard InChI is InChI=1S/C27H22Cl2N2O6/c1-34-21-14-7-11-17(25(21)37-15-18-19(28)12-8-13-20(18)29)23-22(26(32)35-2)24(27(33)36-3)31(30-23)16-9-5-4-6-10-16/h4-14H,15H2,1-3H3. The molecular formula is C27H22Cl2N2O6. The number of nitrogens with zero attached hydrogens (tertiary/aromatic N) is 2. The van der Waals surface area contributed by atoms with Crippen LogP contribution in [0.4, 0.5) is 0 Å². The molecule has 0 saturated carbocycles. The first-order valence-electron chi connectivity index (χ1n) is 11.0. The summed E-state index contributed by atoms with van der Waals surface area (Å²) >= 11 is 12.7. The molecule has 10 heteroatoms. The van der Waals surface area contributed by atoms with Crippen molar-refractivity contribution in [2.45, 2.75) is 6.61 Å². The van der Waals surface area contributed by atoms with Crippen molar-refractivity contribution < 1.29 is 28.5 Å². The van der Waals surface area contributed by atoms with Crippen LogP contribution in [-0.2, 0) is 16.1 Å². The Hall–Kier alpha value is -4.01. The second-order valence-electron chi connectivity index (χ2n) is 7.63. The van der Waals surface area contributed by atoms with Crippen LogP contribution in [0.1, 0.15) is 26.4 Å². The smallest absolute Gasteiger partial charge is 0.357 e. The average Bonchev–Trinajstić information content (AvgIpc) is 3.32. The summed E-state index contributed by atoms with van der Waals surface area (Å²) < 4.78 is 23.1. The van der Waals surface area contributed by atoms with Gasteiger partial charge in [-0.05, 0) is 36.4 Å². The molecule has 1 aromatic heterocycles. The second kappa shape index (κ2) is 11.4. The molecule has 0 aliphatic heterocycles. The molecule has 190 valence electrons. The Morgan fingerprint density at radius 1 is 0.838 bits per heavy atom. The first-order chi connectivity index (χ1) is 17.9. The van der Waals surface area contributed by atoms with Crippen LogP contribution < -0.4 is 9.47 Å². The predicted molar refractivity (Wildman–Crippen MR) is 139 cm³/mol. The third kappa shape index (κ3) is 5.12. The van der Waals surface area contributed by atoms with E-state index in [9.17, 15) is 9.59 Å². The highest BCUT2D eigenvalue weighted by molar-refractivity contribution is 6.35. The Morgan fingerprint density at radius 3 is 2.11 bits per heavy atom. The number of esters is 2. The monoisotopic (exact) mass is 540 g/mol. The highest BCUT2D eigenvalue weighted by Crippen LogP contribution is 2.41. The lowest BCUT2D eigenvalue weighted by atomic mass is 10.0. The summed E-state index contributed by atoms with van der Waals surface area (Å²) in [7, 11) is 3.92. The van der Waals surface area contributed by atoms with Gasteiger partial charge < -0.3 is 18.9 Å². The summed E-state index contributed by atoms with van der Waals surface area (Å²) in [5, 5.41) is 5.50. The number of carbonyl (C=O) groups excluding carboxylic acids is 2. The van der Waals surface area contributed by atoms with Crippen LogP contribution in [0.15, 0.2) is 66.7 Å². The quantitative estimate of drug-likeness (QED) is 0.253. The minimum absolute atomic E-state index is 0.00267. The summed E-state index contributed by atoms with van der Waals surface area (Å²) in [6.45, 7) is 0.00267. The molecular weight excluding hydrogens is 519 g/mol. The topological polar surface area (TPSA) is 88.9 Å². The molecule has 0 N–H and O–H groups in total. The van der Waals surface area contributed by atoms with Crippen molar-refractivity contribution >= 4 is 35.1 Å². The number of carbonyl (C=O) groups is 2. The Balaban J connectivity index is 1.95. The van der Waals surface area contributed by atoms with Gasteiger partial charge in [-0.1, -0.05) is 53.5 Å². The second-order valence-corrected chi connectivity index (χ2v) is 8.44. The van der Waals surface area contributed by atoms with Crippen molar-refractivity contribution in [3.05, 3.63) is 93.6 Å². The minimum atomic E-state index is -0.777. The molecule has 8 nitrogen and oxygen atoms in total. The Morgan fingerprint density at radius 2 is 1.49 bits per heavy atom. The van der Waals surface area contributed by atoms with Crippen molar-refractivity contribution in [3.8, 4) is 28.4 Å². The lowest BCUT2D eigenvalue weighted by molar-refractivity contribution is 0.0549. The fourth-order valence-corrected chi connectivity index (χ4v) is 4.28. The van der Waals surface area contributed by atoms with Crippen LogP contribution >= 0.6 is 23.2 Å². The van der Waals surface area contributed by atoms with Gasteiger partial charge >= 0.3 is 11.9 Å². The van der Waals surface area contributed by atoms with E-state index in [0.717, 1.165) is 0 Å². The number of methoxy groups -OCH3 is 3. The maximum absolute atomic E-state index is 13.0. The highest BCUT2D eigenvalue weighted by atomic mass is 35.5. The average molecular weight is 541 g/mol.